The monoisotopic (exact) mass is 198 g/mol. The van der Waals surface area contributed by atoms with Gasteiger partial charge in [0.15, 0.2) is 5.78 Å². The largest absolute Gasteiger partial charge is 0.385 e. The summed E-state index contributed by atoms with van der Waals surface area (Å²) in [5.41, 5.74) is 1.68. The van der Waals surface area contributed by atoms with Gasteiger partial charge in [0.2, 0.25) is 0 Å². The van der Waals surface area contributed by atoms with Gasteiger partial charge >= 0.3 is 0 Å². The van der Waals surface area contributed by atoms with Crippen molar-refractivity contribution in [3.63, 3.8) is 0 Å². The van der Waals surface area contributed by atoms with Gasteiger partial charge in [0.1, 0.15) is 16.6 Å². The number of Topliss-reactive ketones (excluding diaryl/α,β-unsaturated/α-hetero) is 1. The Morgan fingerprint density at radius 3 is 3.08 bits per heavy atom. The molecule has 1 aliphatic carbocycles. The smallest absolute Gasteiger partial charge is 0.161 e. The van der Waals surface area contributed by atoms with Crippen molar-refractivity contribution in [3.05, 3.63) is 10.5 Å². The molecule has 5 heteroatoms. The van der Waals surface area contributed by atoms with Crippen LogP contribution in [0.1, 0.15) is 30.2 Å². The Bertz CT molecular complexity index is 299. The summed E-state index contributed by atoms with van der Waals surface area (Å²) in [7, 11) is 0. The second-order valence-corrected chi connectivity index (χ2v) is 4.10. The molecular weight excluding hydrogens is 188 g/mol. The summed E-state index contributed by atoms with van der Waals surface area (Å²) in [6.45, 7) is 0. The zero-order chi connectivity index (χ0) is 9.26. The van der Waals surface area contributed by atoms with Crippen molar-refractivity contribution in [3.8, 4) is 0 Å². The van der Waals surface area contributed by atoms with E-state index >= 15 is 0 Å². The first kappa shape index (κ1) is 8.77. The van der Waals surface area contributed by atoms with Crippen LogP contribution in [0.2, 0.25) is 0 Å². The molecule has 0 saturated heterocycles. The lowest BCUT2D eigenvalue weighted by molar-refractivity contribution is -0.129. The highest BCUT2D eigenvalue weighted by atomic mass is 32.1. The van der Waals surface area contributed by atoms with Crippen LogP contribution >= 0.6 is 11.3 Å². The van der Waals surface area contributed by atoms with Crippen molar-refractivity contribution in [2.24, 2.45) is 0 Å². The summed E-state index contributed by atoms with van der Waals surface area (Å²) in [5.74, 6) is 0.181. The predicted molar refractivity (Wildman–Crippen MR) is 47.5 cm³/mol. The zero-order valence-corrected chi connectivity index (χ0v) is 7.83. The average Bonchev–Trinajstić information content (AvgIpc) is 2.62. The second kappa shape index (κ2) is 3.51. The maximum absolute atomic E-state index is 11.0. The maximum Gasteiger partial charge on any atom is 0.161 e. The quantitative estimate of drug-likeness (QED) is 0.722. The van der Waals surface area contributed by atoms with Crippen LogP contribution in [0.25, 0.3) is 0 Å². The van der Waals surface area contributed by atoms with Crippen molar-refractivity contribution < 1.29 is 9.90 Å². The molecule has 1 fully saturated rings. The minimum Gasteiger partial charge on any atom is -0.385 e. The summed E-state index contributed by atoms with van der Waals surface area (Å²) in [5, 5.41) is 18.0. The van der Waals surface area contributed by atoms with Crippen molar-refractivity contribution in [2.75, 3.05) is 0 Å². The Balaban J connectivity index is 2.07. The van der Waals surface area contributed by atoms with Crippen LogP contribution in [0.4, 0.5) is 0 Å². The lowest BCUT2D eigenvalue weighted by Gasteiger charge is -2.22. The Labute approximate surface area is 79.6 Å². The van der Waals surface area contributed by atoms with Gasteiger partial charge in [-0.1, -0.05) is 0 Å². The molecule has 1 saturated carbocycles. The van der Waals surface area contributed by atoms with Crippen LogP contribution in [0.3, 0.4) is 0 Å². The number of carbonyl (C=O) groups excluding carboxylic acids is 1. The number of hydrogen-bond donors (Lipinski definition) is 1. The summed E-state index contributed by atoms with van der Waals surface area (Å²) >= 11 is 1.49. The van der Waals surface area contributed by atoms with E-state index in [1.165, 1.54) is 11.3 Å². The van der Waals surface area contributed by atoms with Gasteiger partial charge < -0.3 is 5.11 Å². The van der Waals surface area contributed by atoms with Gasteiger partial charge in [0, 0.05) is 12.3 Å². The molecule has 70 valence electrons. The Hall–Kier alpha value is -0.810. The molecular formula is C8H10N2O2S. The third kappa shape index (κ3) is 1.76. The van der Waals surface area contributed by atoms with E-state index in [9.17, 15) is 9.90 Å². The third-order valence-corrected chi connectivity index (χ3v) is 3.20. The van der Waals surface area contributed by atoms with Gasteiger partial charge in [-0.15, -0.1) is 21.5 Å². The number of ketones is 1. The normalized spacial score (nSPS) is 29.2. The van der Waals surface area contributed by atoms with E-state index < -0.39 is 6.10 Å². The molecule has 1 aromatic rings. The third-order valence-electron chi connectivity index (χ3n) is 2.34. The fourth-order valence-corrected chi connectivity index (χ4v) is 2.29. The van der Waals surface area contributed by atoms with Crippen LogP contribution in [0.5, 0.6) is 0 Å². The Morgan fingerprint density at radius 2 is 2.46 bits per heavy atom. The molecule has 0 amide bonds. The minimum absolute atomic E-state index is 0.0410. The van der Waals surface area contributed by atoms with Crippen molar-refractivity contribution in [2.45, 2.75) is 31.3 Å². The standard InChI is InChI=1S/C8H10N2O2S/c11-6-2-1-5(3-7(6)12)8-10-9-4-13-8/h4-5,7,12H,1-3H2. The average molecular weight is 198 g/mol. The van der Waals surface area contributed by atoms with E-state index in [0.717, 1.165) is 11.4 Å². The fourth-order valence-electron chi connectivity index (χ4n) is 1.59. The molecule has 0 radical (unpaired) electrons. The van der Waals surface area contributed by atoms with Gasteiger partial charge in [0.25, 0.3) is 0 Å². The van der Waals surface area contributed by atoms with E-state index in [0.29, 0.717) is 12.8 Å². The van der Waals surface area contributed by atoms with Crippen molar-refractivity contribution in [1.82, 2.24) is 10.2 Å². The van der Waals surface area contributed by atoms with Crippen LogP contribution in [-0.4, -0.2) is 27.2 Å². The summed E-state index contributed by atoms with van der Waals surface area (Å²) in [4.78, 5) is 11.0. The van der Waals surface area contributed by atoms with Crippen LogP contribution in [0.15, 0.2) is 5.51 Å². The molecule has 1 heterocycles. The lowest BCUT2D eigenvalue weighted by atomic mass is 9.87. The highest BCUT2D eigenvalue weighted by Crippen LogP contribution is 2.31. The second-order valence-electron chi connectivity index (χ2n) is 3.23. The lowest BCUT2D eigenvalue weighted by Crippen LogP contribution is -2.28. The van der Waals surface area contributed by atoms with Crippen LogP contribution in [-0.2, 0) is 4.79 Å². The summed E-state index contributed by atoms with van der Waals surface area (Å²) in [6.07, 6.45) is 0.979. The first-order valence-electron chi connectivity index (χ1n) is 4.24. The van der Waals surface area contributed by atoms with Gasteiger partial charge in [-0.3, -0.25) is 4.79 Å². The first-order valence-corrected chi connectivity index (χ1v) is 5.12. The molecule has 13 heavy (non-hydrogen) atoms. The van der Waals surface area contributed by atoms with Crippen molar-refractivity contribution in [1.29, 1.82) is 0 Å². The molecule has 2 atom stereocenters. The topological polar surface area (TPSA) is 63.1 Å². The number of aliphatic hydroxyl groups is 1. The van der Waals surface area contributed by atoms with Gasteiger partial charge in [-0.2, -0.15) is 0 Å². The van der Waals surface area contributed by atoms with E-state index in [1.54, 1.807) is 5.51 Å². The number of rotatable bonds is 1. The van der Waals surface area contributed by atoms with Gasteiger partial charge in [0.05, 0.1) is 0 Å². The highest BCUT2D eigenvalue weighted by Gasteiger charge is 2.29. The van der Waals surface area contributed by atoms with E-state index in [1.807, 2.05) is 0 Å². The number of hydrogen-bond acceptors (Lipinski definition) is 5. The number of nitrogens with zero attached hydrogens (tertiary/aromatic N) is 2. The minimum atomic E-state index is -0.789. The SMILES string of the molecule is O=C1CCC(c2nncs2)CC1O. The van der Waals surface area contributed by atoms with Crippen LogP contribution < -0.4 is 0 Å². The molecule has 4 nitrogen and oxygen atoms in total. The van der Waals surface area contributed by atoms with Gasteiger partial charge in [-0.25, -0.2) is 0 Å². The number of aliphatic hydroxyl groups excluding tert-OH is 1. The van der Waals surface area contributed by atoms with E-state index in [4.69, 9.17) is 0 Å². The highest BCUT2D eigenvalue weighted by molar-refractivity contribution is 7.09. The van der Waals surface area contributed by atoms with E-state index in [2.05, 4.69) is 10.2 Å². The zero-order valence-electron chi connectivity index (χ0n) is 7.01. The fraction of sp³-hybridized carbons (Fsp3) is 0.625. The van der Waals surface area contributed by atoms with Gasteiger partial charge in [-0.05, 0) is 12.8 Å². The Morgan fingerprint density at radius 1 is 1.62 bits per heavy atom. The predicted octanol–water partition coefficient (Wildman–Crippen LogP) is 0.736. The maximum atomic E-state index is 11.0. The molecule has 0 spiro atoms. The summed E-state index contributed by atoms with van der Waals surface area (Å²) in [6, 6.07) is 0. The molecule has 0 bridgehead atoms. The van der Waals surface area contributed by atoms with Crippen molar-refractivity contribution >= 4 is 17.1 Å². The molecule has 1 aliphatic rings. The molecule has 1 N–H and O–H groups in total. The first-order chi connectivity index (χ1) is 6.27. The number of carbonyl (C=O) groups is 1. The molecule has 1 aromatic heterocycles. The molecule has 2 unspecified atom stereocenters. The van der Waals surface area contributed by atoms with E-state index in [-0.39, 0.29) is 11.7 Å². The van der Waals surface area contributed by atoms with Crippen LogP contribution in [0, 0.1) is 0 Å². The molecule has 2 rings (SSSR count). The molecule has 0 aromatic carbocycles. The molecule has 0 aliphatic heterocycles. The number of aromatic nitrogens is 2. The Kier molecular flexibility index (Phi) is 2.37. The summed E-state index contributed by atoms with van der Waals surface area (Å²) < 4.78 is 0.